The van der Waals surface area contributed by atoms with Crippen LogP contribution in [0.4, 0.5) is 0 Å². The summed E-state index contributed by atoms with van der Waals surface area (Å²) < 4.78 is 11.1. The number of ether oxygens (including phenoxy) is 2. The predicted molar refractivity (Wildman–Crippen MR) is 101 cm³/mol. The summed E-state index contributed by atoms with van der Waals surface area (Å²) in [5, 5.41) is 0. The summed E-state index contributed by atoms with van der Waals surface area (Å²) in [6.07, 6.45) is 5.23. The highest BCUT2D eigenvalue weighted by Gasteiger charge is 2.25. The Morgan fingerprint density at radius 3 is 1.62 bits per heavy atom. The molecule has 4 heteroatoms. The monoisotopic (exact) mass is 358 g/mol. The maximum absolute atomic E-state index is 12.5. The van der Waals surface area contributed by atoms with Gasteiger partial charge in [0.25, 0.3) is 0 Å². The van der Waals surface area contributed by atoms with Crippen molar-refractivity contribution in [2.45, 2.75) is 53.8 Å². The zero-order valence-electron chi connectivity index (χ0n) is 16.2. The first-order chi connectivity index (χ1) is 12.4. The molecule has 1 aliphatic rings. The van der Waals surface area contributed by atoms with Crippen molar-refractivity contribution in [1.29, 1.82) is 0 Å². The SMILES string of the molecule is CC(C)[C@@H]1C/C=C\C[C@@H](C(C)C)C(=O)OCc2cccc(c2)COC1=O. The first-order valence-corrected chi connectivity index (χ1v) is 9.44. The molecule has 0 unspecified atom stereocenters. The number of hydrogen-bond acceptors (Lipinski definition) is 4. The largest absolute Gasteiger partial charge is 0.461 e. The van der Waals surface area contributed by atoms with Gasteiger partial charge in [0.15, 0.2) is 0 Å². The summed E-state index contributed by atoms with van der Waals surface area (Å²) in [5.41, 5.74) is 1.81. The van der Waals surface area contributed by atoms with E-state index in [1.54, 1.807) is 0 Å². The van der Waals surface area contributed by atoms with E-state index in [9.17, 15) is 9.59 Å². The molecule has 0 aliphatic carbocycles. The molecule has 0 radical (unpaired) electrons. The molecule has 1 aliphatic heterocycles. The smallest absolute Gasteiger partial charge is 0.309 e. The second kappa shape index (κ2) is 9.56. The zero-order chi connectivity index (χ0) is 19.1. The first kappa shape index (κ1) is 20.2. The van der Waals surface area contributed by atoms with Crippen LogP contribution in [-0.4, -0.2) is 11.9 Å². The minimum atomic E-state index is -0.177. The molecule has 0 saturated carbocycles. The predicted octanol–water partition coefficient (Wildman–Crippen LogP) is 4.67. The first-order valence-electron chi connectivity index (χ1n) is 9.44. The van der Waals surface area contributed by atoms with Crippen LogP contribution in [0.3, 0.4) is 0 Å². The van der Waals surface area contributed by atoms with Gasteiger partial charge in [0.2, 0.25) is 0 Å². The highest BCUT2D eigenvalue weighted by Crippen LogP contribution is 2.22. The van der Waals surface area contributed by atoms with E-state index < -0.39 is 0 Å². The summed E-state index contributed by atoms with van der Waals surface area (Å²) >= 11 is 0. The van der Waals surface area contributed by atoms with E-state index in [1.165, 1.54) is 0 Å². The third kappa shape index (κ3) is 5.72. The van der Waals surface area contributed by atoms with Crippen molar-refractivity contribution in [3.8, 4) is 0 Å². The minimum absolute atomic E-state index is 0.169. The molecule has 1 aromatic rings. The minimum Gasteiger partial charge on any atom is -0.461 e. The van der Waals surface area contributed by atoms with Crippen LogP contribution in [0.2, 0.25) is 0 Å². The van der Waals surface area contributed by atoms with Crippen molar-refractivity contribution in [3.63, 3.8) is 0 Å². The molecule has 0 aromatic heterocycles. The van der Waals surface area contributed by atoms with E-state index in [0.717, 1.165) is 11.1 Å². The second-order valence-electron chi connectivity index (χ2n) is 7.68. The van der Waals surface area contributed by atoms with Crippen LogP contribution in [-0.2, 0) is 32.3 Å². The molecule has 0 saturated heterocycles. The van der Waals surface area contributed by atoms with Crippen LogP contribution in [0.1, 0.15) is 51.7 Å². The number of rotatable bonds is 2. The fourth-order valence-corrected chi connectivity index (χ4v) is 3.10. The van der Waals surface area contributed by atoms with Gasteiger partial charge in [-0.2, -0.15) is 0 Å². The number of carbonyl (C=O) groups excluding carboxylic acids is 2. The van der Waals surface area contributed by atoms with Crippen LogP contribution >= 0.6 is 0 Å². The summed E-state index contributed by atoms with van der Waals surface area (Å²) in [6.45, 7) is 8.60. The fourth-order valence-electron chi connectivity index (χ4n) is 3.10. The summed E-state index contributed by atoms with van der Waals surface area (Å²) in [7, 11) is 0. The Morgan fingerprint density at radius 2 is 1.23 bits per heavy atom. The summed E-state index contributed by atoms with van der Waals surface area (Å²) in [6, 6.07) is 7.65. The summed E-state index contributed by atoms with van der Waals surface area (Å²) in [4.78, 5) is 25.0. The summed E-state index contributed by atoms with van der Waals surface area (Å²) in [5.74, 6) is -0.302. The van der Waals surface area contributed by atoms with Crippen molar-refractivity contribution in [1.82, 2.24) is 0 Å². The molecular weight excluding hydrogens is 328 g/mol. The lowest BCUT2D eigenvalue weighted by molar-refractivity contribution is -0.152. The number of hydrogen-bond donors (Lipinski definition) is 0. The molecular formula is C22H30O4. The van der Waals surface area contributed by atoms with Crippen LogP contribution in [0.5, 0.6) is 0 Å². The fraction of sp³-hybridized carbons (Fsp3) is 0.545. The van der Waals surface area contributed by atoms with Crippen molar-refractivity contribution >= 4 is 11.9 Å². The molecule has 0 spiro atoms. The average Bonchev–Trinajstić information content (AvgIpc) is 2.60. The van der Waals surface area contributed by atoms with Crippen molar-refractivity contribution in [3.05, 3.63) is 47.5 Å². The van der Waals surface area contributed by atoms with Gasteiger partial charge in [-0.3, -0.25) is 9.59 Å². The molecule has 0 N–H and O–H groups in total. The Hall–Kier alpha value is -2.10. The molecule has 2 bridgehead atoms. The van der Waals surface area contributed by atoms with E-state index >= 15 is 0 Å². The Bertz CT molecular complexity index is 594. The second-order valence-corrected chi connectivity index (χ2v) is 7.68. The number of carbonyl (C=O) groups is 2. The van der Waals surface area contributed by atoms with Gasteiger partial charge in [0.1, 0.15) is 13.2 Å². The van der Waals surface area contributed by atoms with Gasteiger partial charge in [-0.1, -0.05) is 58.0 Å². The lowest BCUT2D eigenvalue weighted by Crippen LogP contribution is -2.22. The highest BCUT2D eigenvalue weighted by atomic mass is 16.5. The van der Waals surface area contributed by atoms with Crippen molar-refractivity contribution in [2.75, 3.05) is 0 Å². The molecule has 0 fully saturated rings. The number of allylic oxidation sites excluding steroid dienone is 2. The van der Waals surface area contributed by atoms with Gasteiger partial charge in [0, 0.05) is 0 Å². The Balaban J connectivity index is 2.25. The highest BCUT2D eigenvalue weighted by molar-refractivity contribution is 5.73. The number of benzene rings is 1. The van der Waals surface area contributed by atoms with Gasteiger partial charge in [-0.05, 0) is 41.9 Å². The van der Waals surface area contributed by atoms with E-state index in [2.05, 4.69) is 0 Å². The van der Waals surface area contributed by atoms with Crippen molar-refractivity contribution < 1.29 is 19.1 Å². The number of esters is 2. The molecule has 1 aromatic carbocycles. The van der Waals surface area contributed by atoms with Gasteiger partial charge in [-0.15, -0.1) is 0 Å². The standard InChI is InChI=1S/C22H30O4/c1-15(2)19-10-5-6-11-20(16(3)4)22(24)26-14-18-9-7-8-17(12-18)13-25-21(19)23/h5-9,12,15-16,19-20H,10-11,13-14H2,1-4H3/b6-5-/t19-,20-/m0/s1. The van der Waals surface area contributed by atoms with Crippen LogP contribution in [0, 0.1) is 23.7 Å². The van der Waals surface area contributed by atoms with E-state index in [-0.39, 0.29) is 48.8 Å². The van der Waals surface area contributed by atoms with E-state index in [1.807, 2.05) is 64.1 Å². The lowest BCUT2D eigenvalue weighted by atomic mass is 9.90. The molecule has 2 rings (SSSR count). The van der Waals surface area contributed by atoms with Gasteiger partial charge in [-0.25, -0.2) is 0 Å². The van der Waals surface area contributed by atoms with Crippen molar-refractivity contribution in [2.24, 2.45) is 23.7 Å². The normalized spacial score (nSPS) is 23.8. The maximum atomic E-state index is 12.5. The van der Waals surface area contributed by atoms with Gasteiger partial charge < -0.3 is 9.47 Å². The zero-order valence-corrected chi connectivity index (χ0v) is 16.2. The molecule has 4 nitrogen and oxygen atoms in total. The molecule has 1 heterocycles. The Labute approximate surface area is 156 Å². The third-order valence-corrected chi connectivity index (χ3v) is 4.92. The quantitative estimate of drug-likeness (QED) is 0.569. The van der Waals surface area contributed by atoms with Gasteiger partial charge >= 0.3 is 11.9 Å². The number of cyclic esters (lactones) is 2. The van der Waals surface area contributed by atoms with E-state index in [0.29, 0.717) is 12.8 Å². The molecule has 0 amide bonds. The van der Waals surface area contributed by atoms with E-state index in [4.69, 9.17) is 9.47 Å². The third-order valence-electron chi connectivity index (χ3n) is 4.92. The average molecular weight is 358 g/mol. The van der Waals surface area contributed by atoms with Crippen LogP contribution < -0.4 is 0 Å². The molecule has 2 atom stereocenters. The number of fused-ring (bicyclic) bond motifs is 2. The topological polar surface area (TPSA) is 52.6 Å². The van der Waals surface area contributed by atoms with Crippen LogP contribution in [0.25, 0.3) is 0 Å². The Kier molecular flexibility index (Phi) is 7.43. The Morgan fingerprint density at radius 1 is 0.808 bits per heavy atom. The maximum Gasteiger partial charge on any atom is 0.309 e. The van der Waals surface area contributed by atoms with Gasteiger partial charge in [0.05, 0.1) is 11.8 Å². The molecule has 142 valence electrons. The molecule has 26 heavy (non-hydrogen) atoms. The lowest BCUT2D eigenvalue weighted by Gasteiger charge is -2.18. The van der Waals surface area contributed by atoms with Crippen LogP contribution in [0.15, 0.2) is 36.4 Å².